The highest BCUT2D eigenvalue weighted by molar-refractivity contribution is 7.86. The van der Waals surface area contributed by atoms with Crippen molar-refractivity contribution in [3.63, 3.8) is 0 Å². The third-order valence-corrected chi connectivity index (χ3v) is 10.6. The summed E-state index contributed by atoms with van der Waals surface area (Å²) in [5.74, 6) is 0. The highest BCUT2D eigenvalue weighted by Gasteiger charge is 2.15. The molecule has 0 bridgehead atoms. The van der Waals surface area contributed by atoms with Crippen LogP contribution in [0.15, 0.2) is 166 Å². The van der Waals surface area contributed by atoms with Gasteiger partial charge in [-0.3, -0.25) is 13.7 Å². The van der Waals surface area contributed by atoms with E-state index in [0.717, 1.165) is 33.6 Å². The summed E-state index contributed by atoms with van der Waals surface area (Å²) in [4.78, 5) is -0.612. The number of anilines is 5. The first-order valence-electron chi connectivity index (χ1n) is 15.5. The van der Waals surface area contributed by atoms with Crippen molar-refractivity contribution < 1.29 is 38.9 Å². The van der Waals surface area contributed by atoms with Gasteiger partial charge in [-0.05, 0) is 119 Å². The van der Waals surface area contributed by atoms with Crippen molar-refractivity contribution in [1.82, 2.24) is 0 Å². The van der Waals surface area contributed by atoms with Crippen LogP contribution in [-0.2, 0) is 30.4 Å². The molecule has 0 saturated carbocycles. The smallest absolute Gasteiger partial charge is 0.294 e. The second-order valence-corrected chi connectivity index (χ2v) is 15.9. The topological polar surface area (TPSA) is 199 Å². The van der Waals surface area contributed by atoms with E-state index in [4.69, 9.17) is 0 Å². The van der Waals surface area contributed by atoms with Crippen molar-refractivity contribution in [2.24, 2.45) is 0 Å². The van der Waals surface area contributed by atoms with Crippen LogP contribution in [0.5, 0.6) is 0 Å². The van der Waals surface area contributed by atoms with E-state index in [9.17, 15) is 38.9 Å². The van der Waals surface area contributed by atoms with Crippen LogP contribution in [0, 0.1) is 0 Å². The Morgan fingerprint density at radius 3 is 1.02 bits per heavy atom. The summed E-state index contributed by atoms with van der Waals surface area (Å²) < 4.78 is 96.2. The van der Waals surface area contributed by atoms with Crippen LogP contribution >= 0.6 is 0 Å². The Hall–Kier alpha value is -5.55. The van der Waals surface area contributed by atoms with Crippen LogP contribution in [0.1, 0.15) is 11.1 Å². The second-order valence-electron chi connectivity index (χ2n) is 11.6. The van der Waals surface area contributed by atoms with E-state index in [-0.39, 0.29) is 20.7 Å². The van der Waals surface area contributed by atoms with E-state index in [1.54, 1.807) is 36.4 Å². The maximum atomic E-state index is 11.4. The lowest BCUT2D eigenvalue weighted by Crippen LogP contribution is -2.15. The molecule has 0 fully saturated rings. The van der Waals surface area contributed by atoms with Gasteiger partial charge in [0.25, 0.3) is 30.4 Å². The van der Waals surface area contributed by atoms with E-state index in [1.807, 2.05) is 72.8 Å². The van der Waals surface area contributed by atoms with E-state index in [1.165, 1.54) is 36.4 Å². The van der Waals surface area contributed by atoms with Crippen LogP contribution in [0.3, 0.4) is 0 Å². The number of rotatable bonds is 11. The number of nitrogens with one attached hydrogen (secondary N) is 3. The first-order valence-corrected chi connectivity index (χ1v) is 19.8. The average Bonchev–Trinajstić information content (AvgIpc) is 3.10. The molecule has 5 aromatic rings. The van der Waals surface area contributed by atoms with Gasteiger partial charge in [-0.15, -0.1) is 0 Å². The lowest BCUT2D eigenvalue weighted by molar-refractivity contribution is 0.481. The van der Waals surface area contributed by atoms with Crippen molar-refractivity contribution in [2.75, 3.05) is 16.0 Å². The number of hydrogen-bond acceptors (Lipinski definition) is 9. The predicted molar refractivity (Wildman–Crippen MR) is 200 cm³/mol. The Labute approximate surface area is 301 Å². The predicted octanol–water partition coefficient (Wildman–Crippen LogP) is 7.32. The summed E-state index contributed by atoms with van der Waals surface area (Å²) in [5, 5.41) is 9.74. The van der Waals surface area contributed by atoms with Crippen molar-refractivity contribution >= 4 is 64.4 Å². The Morgan fingerprint density at radius 2 is 0.712 bits per heavy atom. The molecule has 0 spiro atoms. The van der Waals surface area contributed by atoms with Gasteiger partial charge < -0.3 is 16.0 Å². The molecule has 0 radical (unpaired) electrons. The third kappa shape index (κ3) is 9.02. The molecule has 0 saturated heterocycles. The molecular weight excluding hydrogens is 727 g/mol. The van der Waals surface area contributed by atoms with Crippen LogP contribution in [0.25, 0.3) is 5.57 Å². The lowest BCUT2D eigenvalue weighted by atomic mass is 9.90. The normalized spacial score (nSPS) is 14.5. The first kappa shape index (κ1) is 36.2. The van der Waals surface area contributed by atoms with Crippen LogP contribution in [0.2, 0.25) is 0 Å². The summed E-state index contributed by atoms with van der Waals surface area (Å²) in [6.07, 6.45) is 7.88. The summed E-state index contributed by atoms with van der Waals surface area (Å²) in [6, 6.07) is 32.3. The lowest BCUT2D eigenvalue weighted by Gasteiger charge is -2.19. The molecule has 1 aliphatic rings. The van der Waals surface area contributed by atoms with Crippen molar-refractivity contribution in [2.45, 2.75) is 20.7 Å². The molecule has 52 heavy (non-hydrogen) atoms. The molecule has 0 atom stereocenters. The van der Waals surface area contributed by atoms with Gasteiger partial charge >= 0.3 is 0 Å². The van der Waals surface area contributed by atoms with Gasteiger partial charge in [0.2, 0.25) is 0 Å². The highest BCUT2D eigenvalue weighted by atomic mass is 32.2. The molecule has 0 aliphatic heterocycles. The number of hydrogen-bond donors (Lipinski definition) is 6. The second kappa shape index (κ2) is 14.6. The summed E-state index contributed by atoms with van der Waals surface area (Å²) in [6.45, 7) is 0. The Kier molecular flexibility index (Phi) is 10.2. The highest BCUT2D eigenvalue weighted by Crippen LogP contribution is 2.33. The maximum absolute atomic E-state index is 11.4. The van der Waals surface area contributed by atoms with Gasteiger partial charge in [0, 0.05) is 28.4 Å². The quantitative estimate of drug-likeness (QED) is 0.0735. The molecule has 6 N–H and O–H groups in total. The molecule has 0 aromatic heterocycles. The summed E-state index contributed by atoms with van der Waals surface area (Å²) in [7, 11) is -12.9. The standard InChI is InChI=1S/C37H31N3O9S3/c41-50(42,43)34-19-13-31(14-20-34)38-28-7-1-25(2-8-28)37(26-3-9-29(10-4-26)39-32-15-21-35(22-16-32)51(44,45)46)27-5-11-30(12-6-27)40-33-17-23-36(24-18-33)52(47,48)49/h1-24,28,38-40H,(H,41,42,43)(H,44,45,46)(H,47,48,49). The number of benzene rings is 5. The van der Waals surface area contributed by atoms with E-state index in [0.29, 0.717) is 17.1 Å². The minimum Gasteiger partial charge on any atom is -0.375 e. The molecule has 266 valence electrons. The van der Waals surface area contributed by atoms with Crippen LogP contribution in [0.4, 0.5) is 28.4 Å². The fourth-order valence-corrected chi connectivity index (χ4v) is 6.85. The van der Waals surface area contributed by atoms with Gasteiger partial charge in [0.05, 0.1) is 20.7 Å². The maximum Gasteiger partial charge on any atom is 0.294 e. The van der Waals surface area contributed by atoms with Gasteiger partial charge in [-0.1, -0.05) is 48.6 Å². The molecule has 0 unspecified atom stereocenters. The van der Waals surface area contributed by atoms with Gasteiger partial charge in [0.1, 0.15) is 0 Å². The van der Waals surface area contributed by atoms with Crippen molar-refractivity contribution in [3.05, 3.63) is 162 Å². The first-order chi connectivity index (χ1) is 24.6. The van der Waals surface area contributed by atoms with Gasteiger partial charge in [-0.2, -0.15) is 25.3 Å². The van der Waals surface area contributed by atoms with Crippen LogP contribution < -0.4 is 16.0 Å². The van der Waals surface area contributed by atoms with Gasteiger partial charge in [-0.25, -0.2) is 0 Å². The average molecular weight is 758 g/mol. The monoisotopic (exact) mass is 757 g/mol. The Morgan fingerprint density at radius 1 is 0.423 bits per heavy atom. The Bertz CT molecular complexity index is 2380. The molecule has 1 aliphatic carbocycles. The molecule has 0 heterocycles. The van der Waals surface area contributed by atoms with Crippen LogP contribution in [-0.4, -0.2) is 45.0 Å². The van der Waals surface area contributed by atoms with Gasteiger partial charge in [0.15, 0.2) is 0 Å². The molecule has 12 nitrogen and oxygen atoms in total. The van der Waals surface area contributed by atoms with E-state index in [2.05, 4.69) is 16.0 Å². The summed E-state index contributed by atoms with van der Waals surface area (Å²) >= 11 is 0. The number of allylic oxidation sites excluding steroid dienone is 3. The molecule has 6 rings (SSSR count). The molecule has 5 aromatic carbocycles. The molecule has 15 heteroatoms. The van der Waals surface area contributed by atoms with E-state index >= 15 is 0 Å². The fraction of sp³-hybridized carbons (Fsp3) is 0.0270. The minimum absolute atomic E-state index is 0.199. The zero-order chi connectivity index (χ0) is 37.1. The SMILES string of the molecule is O=S(=O)(O)c1ccc(Nc2ccc(C(=C3C=CC(Nc4ccc(S(=O)(=O)O)cc4)C=C3)c3ccc(Nc4ccc(S(=O)(=O)O)cc4)cc3)cc2)cc1. The van der Waals surface area contributed by atoms with E-state index < -0.39 is 30.4 Å². The minimum atomic E-state index is -4.30. The molecule has 0 amide bonds. The largest absolute Gasteiger partial charge is 0.375 e. The van der Waals surface area contributed by atoms with Crippen molar-refractivity contribution in [1.29, 1.82) is 0 Å². The third-order valence-electron chi connectivity index (χ3n) is 7.97. The Balaban J connectivity index is 1.26. The molecular formula is C37H31N3O9S3. The van der Waals surface area contributed by atoms with Crippen molar-refractivity contribution in [3.8, 4) is 0 Å². The summed E-state index contributed by atoms with van der Waals surface area (Å²) in [5.41, 5.74) is 7.00. The zero-order valence-electron chi connectivity index (χ0n) is 26.9. The zero-order valence-corrected chi connectivity index (χ0v) is 29.4. The fourth-order valence-electron chi connectivity index (χ4n) is 5.41.